The van der Waals surface area contributed by atoms with Crippen molar-refractivity contribution in [1.82, 2.24) is 30.3 Å². The van der Waals surface area contributed by atoms with Crippen molar-refractivity contribution in [1.29, 1.82) is 0 Å². The Bertz CT molecular complexity index is 1140. The van der Waals surface area contributed by atoms with Crippen LogP contribution < -0.4 is 9.47 Å². The van der Waals surface area contributed by atoms with Crippen molar-refractivity contribution in [3.8, 4) is 28.6 Å². The van der Waals surface area contributed by atoms with Gasteiger partial charge in [0.2, 0.25) is 5.82 Å². The summed E-state index contributed by atoms with van der Waals surface area (Å²) in [5.74, 6) is 1.11. The molecule has 4 rings (SSSR count). The van der Waals surface area contributed by atoms with Crippen LogP contribution in [0.3, 0.4) is 0 Å². The number of nitrogens with zero attached hydrogens (tertiary/aromatic N) is 6. The lowest BCUT2D eigenvalue weighted by Crippen LogP contribution is -2.06. The Hall–Kier alpha value is -4.28. The minimum Gasteiger partial charge on any atom is -0.497 e. The first-order valence-corrected chi connectivity index (χ1v) is 8.73. The number of carbonyl (C=O) groups is 1. The Balaban J connectivity index is 1.41. The lowest BCUT2D eigenvalue weighted by Gasteiger charge is -2.07. The topological polar surface area (TPSA) is 127 Å². The van der Waals surface area contributed by atoms with Gasteiger partial charge in [0.15, 0.2) is 6.61 Å². The largest absolute Gasteiger partial charge is 0.497 e. The standard InChI is InChI=1S/C19H16N6O5/c1-27-14-7-8-15(16(9-14)28-2)18-21-17(30-22-18)10-29-19(26)12-3-5-13(6-4-12)25-11-20-23-24-25/h3-9,11H,10H2,1-2H3. The van der Waals surface area contributed by atoms with E-state index in [9.17, 15) is 4.79 Å². The number of hydrogen-bond donors (Lipinski definition) is 0. The van der Waals surface area contributed by atoms with E-state index in [0.29, 0.717) is 34.1 Å². The number of benzene rings is 2. The molecule has 2 aromatic carbocycles. The number of esters is 1. The second-order valence-electron chi connectivity index (χ2n) is 5.96. The number of rotatable bonds is 7. The SMILES string of the molecule is COc1ccc(-c2noc(COC(=O)c3ccc(-n4cnnn4)cc3)n2)c(OC)c1. The zero-order chi connectivity index (χ0) is 20.9. The summed E-state index contributed by atoms with van der Waals surface area (Å²) in [6.07, 6.45) is 1.46. The number of hydrogen-bond acceptors (Lipinski definition) is 10. The molecular weight excluding hydrogens is 392 g/mol. The molecule has 0 unspecified atom stereocenters. The first kappa shape index (κ1) is 19.1. The Labute approximate surface area is 170 Å². The van der Waals surface area contributed by atoms with Crippen molar-refractivity contribution in [2.75, 3.05) is 14.2 Å². The third kappa shape index (κ3) is 3.94. The molecule has 11 nitrogen and oxygen atoms in total. The maximum Gasteiger partial charge on any atom is 0.338 e. The summed E-state index contributed by atoms with van der Waals surface area (Å²) in [4.78, 5) is 16.5. The Kier molecular flexibility index (Phi) is 5.33. The minimum atomic E-state index is -0.528. The molecule has 152 valence electrons. The summed E-state index contributed by atoms with van der Waals surface area (Å²) < 4.78 is 22.4. The molecule has 0 aliphatic carbocycles. The van der Waals surface area contributed by atoms with Crippen molar-refractivity contribution in [3.05, 3.63) is 60.2 Å². The molecule has 11 heteroatoms. The molecule has 0 saturated heterocycles. The second-order valence-corrected chi connectivity index (χ2v) is 5.96. The van der Waals surface area contributed by atoms with Crippen LogP contribution in [0.25, 0.3) is 17.1 Å². The average Bonchev–Trinajstić information content (AvgIpc) is 3.49. The molecule has 0 saturated carbocycles. The molecule has 0 aliphatic heterocycles. The van der Waals surface area contributed by atoms with Crippen molar-refractivity contribution in [2.45, 2.75) is 6.61 Å². The zero-order valence-electron chi connectivity index (χ0n) is 16.1. The van der Waals surface area contributed by atoms with Gasteiger partial charge in [-0.05, 0) is 46.8 Å². The van der Waals surface area contributed by atoms with Crippen LogP contribution in [0.1, 0.15) is 16.2 Å². The molecule has 0 spiro atoms. The molecule has 30 heavy (non-hydrogen) atoms. The lowest BCUT2D eigenvalue weighted by atomic mass is 10.2. The fourth-order valence-corrected chi connectivity index (χ4v) is 2.65. The van der Waals surface area contributed by atoms with E-state index in [4.69, 9.17) is 18.7 Å². The molecule has 0 atom stereocenters. The summed E-state index contributed by atoms with van der Waals surface area (Å²) in [5, 5.41) is 14.8. The molecular formula is C19H16N6O5. The molecule has 0 aliphatic rings. The van der Waals surface area contributed by atoms with E-state index in [1.165, 1.54) is 18.1 Å². The van der Waals surface area contributed by atoms with Crippen LogP contribution in [-0.2, 0) is 11.3 Å². The minimum absolute atomic E-state index is 0.154. The maximum atomic E-state index is 12.3. The predicted molar refractivity (Wildman–Crippen MR) is 101 cm³/mol. The van der Waals surface area contributed by atoms with Crippen LogP contribution in [0, 0.1) is 0 Å². The van der Waals surface area contributed by atoms with Crippen molar-refractivity contribution in [3.63, 3.8) is 0 Å². The van der Waals surface area contributed by atoms with E-state index in [1.54, 1.807) is 49.6 Å². The Morgan fingerprint density at radius 2 is 1.93 bits per heavy atom. The summed E-state index contributed by atoms with van der Waals surface area (Å²) in [6.45, 7) is -0.168. The number of aromatic nitrogens is 6. The van der Waals surface area contributed by atoms with Gasteiger partial charge < -0.3 is 18.7 Å². The van der Waals surface area contributed by atoms with Crippen LogP contribution in [0.5, 0.6) is 11.5 Å². The average molecular weight is 408 g/mol. The van der Waals surface area contributed by atoms with Gasteiger partial charge in [-0.25, -0.2) is 9.48 Å². The van der Waals surface area contributed by atoms with Crippen LogP contribution >= 0.6 is 0 Å². The number of carbonyl (C=O) groups excluding carboxylic acids is 1. The quantitative estimate of drug-likeness (QED) is 0.419. The maximum absolute atomic E-state index is 12.3. The van der Waals surface area contributed by atoms with Crippen LogP contribution in [0.2, 0.25) is 0 Å². The fraction of sp³-hybridized carbons (Fsp3) is 0.158. The molecule has 2 aromatic heterocycles. The van der Waals surface area contributed by atoms with Crippen LogP contribution in [-0.4, -0.2) is 50.5 Å². The molecule has 0 bridgehead atoms. The van der Waals surface area contributed by atoms with E-state index in [0.717, 1.165) is 0 Å². The molecule has 2 heterocycles. The van der Waals surface area contributed by atoms with Gasteiger partial charge in [0, 0.05) is 6.07 Å². The summed E-state index contributed by atoms with van der Waals surface area (Å²) in [5.41, 5.74) is 1.70. The molecule has 4 aromatic rings. The number of tetrazole rings is 1. The van der Waals surface area contributed by atoms with Crippen molar-refractivity contribution in [2.24, 2.45) is 0 Å². The van der Waals surface area contributed by atoms with E-state index in [1.807, 2.05) is 0 Å². The van der Waals surface area contributed by atoms with E-state index >= 15 is 0 Å². The van der Waals surface area contributed by atoms with Gasteiger partial charge in [-0.1, -0.05) is 5.16 Å². The molecule has 0 radical (unpaired) electrons. The fourth-order valence-electron chi connectivity index (χ4n) is 2.65. The normalized spacial score (nSPS) is 10.6. The summed E-state index contributed by atoms with van der Waals surface area (Å²) in [7, 11) is 3.10. The smallest absolute Gasteiger partial charge is 0.338 e. The third-order valence-corrected chi connectivity index (χ3v) is 4.16. The van der Waals surface area contributed by atoms with Crippen LogP contribution in [0.4, 0.5) is 0 Å². The highest BCUT2D eigenvalue weighted by molar-refractivity contribution is 5.89. The van der Waals surface area contributed by atoms with Gasteiger partial charge in [0.05, 0.1) is 31.0 Å². The highest BCUT2D eigenvalue weighted by Gasteiger charge is 2.16. The molecule has 0 amide bonds. The molecule has 0 fully saturated rings. The summed E-state index contributed by atoms with van der Waals surface area (Å²) in [6, 6.07) is 11.9. The van der Waals surface area contributed by atoms with Gasteiger partial charge >= 0.3 is 5.97 Å². The van der Waals surface area contributed by atoms with Gasteiger partial charge in [-0.15, -0.1) is 5.10 Å². The monoisotopic (exact) mass is 408 g/mol. The van der Waals surface area contributed by atoms with Crippen molar-refractivity contribution >= 4 is 5.97 Å². The van der Waals surface area contributed by atoms with Crippen LogP contribution in [0.15, 0.2) is 53.3 Å². The van der Waals surface area contributed by atoms with Gasteiger partial charge in [0.25, 0.3) is 5.89 Å². The number of methoxy groups -OCH3 is 2. The van der Waals surface area contributed by atoms with E-state index < -0.39 is 5.97 Å². The lowest BCUT2D eigenvalue weighted by molar-refractivity contribution is 0.0430. The number of ether oxygens (including phenoxy) is 3. The predicted octanol–water partition coefficient (Wildman–Crippen LogP) is 2.09. The third-order valence-electron chi connectivity index (χ3n) is 4.16. The Morgan fingerprint density at radius 1 is 1.10 bits per heavy atom. The highest BCUT2D eigenvalue weighted by atomic mass is 16.6. The highest BCUT2D eigenvalue weighted by Crippen LogP contribution is 2.31. The van der Waals surface area contributed by atoms with E-state index in [-0.39, 0.29) is 12.5 Å². The first-order valence-electron chi connectivity index (χ1n) is 8.73. The Morgan fingerprint density at radius 3 is 2.63 bits per heavy atom. The van der Waals surface area contributed by atoms with Gasteiger partial charge in [0.1, 0.15) is 17.8 Å². The first-order chi connectivity index (χ1) is 14.7. The zero-order valence-corrected chi connectivity index (χ0v) is 16.1. The second kappa shape index (κ2) is 8.39. The van der Waals surface area contributed by atoms with E-state index in [2.05, 4.69) is 25.7 Å². The molecule has 0 N–H and O–H groups in total. The van der Waals surface area contributed by atoms with Crippen molar-refractivity contribution < 1.29 is 23.5 Å². The van der Waals surface area contributed by atoms with Gasteiger partial charge in [-0.2, -0.15) is 4.98 Å². The summed E-state index contributed by atoms with van der Waals surface area (Å²) >= 11 is 0. The van der Waals surface area contributed by atoms with Gasteiger partial charge in [-0.3, -0.25) is 0 Å².